The first-order valence-electron chi connectivity index (χ1n) is 9.55. The summed E-state index contributed by atoms with van der Waals surface area (Å²) < 4.78 is 22.3. The lowest BCUT2D eigenvalue weighted by Crippen LogP contribution is -2.36. The summed E-state index contributed by atoms with van der Waals surface area (Å²) in [7, 11) is 0. The molecular weight excluding hydrogens is 349 g/mol. The van der Waals surface area contributed by atoms with Gasteiger partial charge < -0.3 is 14.7 Å². The molecule has 1 unspecified atom stereocenters. The second kappa shape index (κ2) is 7.68. The molecule has 1 atom stereocenters. The summed E-state index contributed by atoms with van der Waals surface area (Å²) in [6.45, 7) is 1.87. The van der Waals surface area contributed by atoms with Crippen molar-refractivity contribution >= 4 is 11.7 Å². The third kappa shape index (κ3) is 3.83. The third-order valence-electron chi connectivity index (χ3n) is 5.52. The number of carbonyl (C=O) groups is 1. The number of hydrogen-bond acceptors (Lipinski definition) is 4. The maximum Gasteiger partial charge on any atom is 0.306 e. The van der Waals surface area contributed by atoms with Crippen LogP contribution in [0.25, 0.3) is 11.1 Å². The zero-order chi connectivity index (χ0) is 18.8. The minimum absolute atomic E-state index is 0.0350. The molecule has 144 valence electrons. The number of aliphatic carboxylic acids is 1. The molecule has 2 fully saturated rings. The van der Waals surface area contributed by atoms with Gasteiger partial charge in [-0.3, -0.25) is 4.79 Å². The normalized spacial score (nSPS) is 21.4. The molecule has 0 spiro atoms. The third-order valence-corrected chi connectivity index (χ3v) is 5.52. The Bertz CT molecular complexity index is 809. The van der Waals surface area contributed by atoms with E-state index in [2.05, 4.69) is 5.10 Å². The average molecular weight is 373 g/mol. The number of carboxylic acid groups (broad SMARTS) is 1. The van der Waals surface area contributed by atoms with Crippen LogP contribution < -0.4 is 4.90 Å². The van der Waals surface area contributed by atoms with Crippen LogP contribution in [0.5, 0.6) is 0 Å². The lowest BCUT2D eigenvalue weighted by atomic mass is 9.96. The monoisotopic (exact) mass is 373 g/mol. The van der Waals surface area contributed by atoms with Gasteiger partial charge in [-0.15, -0.1) is 0 Å². The first-order valence-corrected chi connectivity index (χ1v) is 9.55. The maximum atomic E-state index is 14.7. The van der Waals surface area contributed by atoms with E-state index in [0.29, 0.717) is 31.6 Å². The summed E-state index contributed by atoms with van der Waals surface area (Å²) in [5.74, 6) is -1.37. The molecule has 1 N–H and O–H groups in total. The highest BCUT2D eigenvalue weighted by molar-refractivity contribution is 5.71. The fourth-order valence-electron chi connectivity index (χ4n) is 3.89. The topological polar surface area (TPSA) is 67.6 Å². The van der Waals surface area contributed by atoms with E-state index in [1.54, 1.807) is 12.3 Å². The van der Waals surface area contributed by atoms with E-state index in [9.17, 15) is 9.18 Å². The molecule has 2 aliphatic heterocycles. The minimum atomic E-state index is -0.760. The summed E-state index contributed by atoms with van der Waals surface area (Å²) in [4.78, 5) is 13.0. The minimum Gasteiger partial charge on any atom is -0.481 e. The smallest absolute Gasteiger partial charge is 0.306 e. The molecule has 0 amide bonds. The second-order valence-corrected chi connectivity index (χ2v) is 7.30. The molecule has 0 radical (unpaired) electrons. The average Bonchev–Trinajstić information content (AvgIpc) is 3.19. The van der Waals surface area contributed by atoms with Crippen LogP contribution in [-0.2, 0) is 9.53 Å². The maximum absolute atomic E-state index is 14.7. The molecule has 0 bridgehead atoms. The van der Waals surface area contributed by atoms with E-state index in [1.165, 1.54) is 6.07 Å². The number of benzene rings is 1. The Morgan fingerprint density at radius 1 is 1.19 bits per heavy atom. The summed E-state index contributed by atoms with van der Waals surface area (Å²) >= 11 is 0. The Kier molecular flexibility index (Phi) is 5.11. The van der Waals surface area contributed by atoms with Gasteiger partial charge in [0.2, 0.25) is 0 Å². The molecule has 27 heavy (non-hydrogen) atoms. The van der Waals surface area contributed by atoms with Crippen molar-refractivity contribution in [1.29, 1.82) is 0 Å². The van der Waals surface area contributed by atoms with Crippen molar-refractivity contribution in [3.05, 3.63) is 36.4 Å². The van der Waals surface area contributed by atoms with Gasteiger partial charge in [-0.05, 0) is 49.8 Å². The molecular formula is C20H24FN3O3. The van der Waals surface area contributed by atoms with Crippen LogP contribution in [0.4, 0.5) is 10.1 Å². The van der Waals surface area contributed by atoms with E-state index in [-0.39, 0.29) is 18.0 Å². The standard InChI is InChI=1S/C20H24FN3O3/c21-17-11-15(16-12-22-24(13-16)19-3-1-2-10-27-19)4-5-18(17)23-8-6-14(7-9-23)20(25)26/h4-5,11-14,19H,1-3,6-10H2,(H,25,26). The van der Waals surface area contributed by atoms with Crippen molar-refractivity contribution in [2.24, 2.45) is 5.92 Å². The molecule has 1 aromatic heterocycles. The Morgan fingerprint density at radius 3 is 2.67 bits per heavy atom. The van der Waals surface area contributed by atoms with Gasteiger partial charge in [0.05, 0.1) is 17.8 Å². The highest BCUT2D eigenvalue weighted by Gasteiger charge is 2.26. The lowest BCUT2D eigenvalue weighted by molar-refractivity contribution is -0.142. The highest BCUT2D eigenvalue weighted by atomic mass is 19.1. The number of carboxylic acids is 1. The number of piperidine rings is 1. The number of halogens is 1. The van der Waals surface area contributed by atoms with Gasteiger partial charge in [0, 0.05) is 31.5 Å². The van der Waals surface area contributed by atoms with Crippen LogP contribution in [0.2, 0.25) is 0 Å². The van der Waals surface area contributed by atoms with Crippen molar-refractivity contribution < 1.29 is 19.0 Å². The summed E-state index contributed by atoms with van der Waals surface area (Å²) in [5, 5.41) is 13.5. The first kappa shape index (κ1) is 18.0. The molecule has 4 rings (SSSR count). The predicted octanol–water partition coefficient (Wildman–Crippen LogP) is 3.69. The van der Waals surface area contributed by atoms with Crippen molar-refractivity contribution in [3.63, 3.8) is 0 Å². The summed E-state index contributed by atoms with van der Waals surface area (Å²) in [6.07, 6.45) is 7.86. The van der Waals surface area contributed by atoms with Gasteiger partial charge in [-0.2, -0.15) is 5.10 Å². The van der Waals surface area contributed by atoms with Gasteiger partial charge in [0.1, 0.15) is 12.0 Å². The largest absolute Gasteiger partial charge is 0.481 e. The molecule has 2 aromatic rings. The van der Waals surface area contributed by atoms with E-state index in [0.717, 1.165) is 37.0 Å². The highest BCUT2D eigenvalue weighted by Crippen LogP contribution is 2.30. The zero-order valence-electron chi connectivity index (χ0n) is 15.2. The molecule has 3 heterocycles. The van der Waals surface area contributed by atoms with E-state index < -0.39 is 5.97 Å². The number of anilines is 1. The lowest BCUT2D eigenvalue weighted by Gasteiger charge is -2.32. The quantitative estimate of drug-likeness (QED) is 0.885. The number of hydrogen-bond donors (Lipinski definition) is 1. The van der Waals surface area contributed by atoms with E-state index >= 15 is 0 Å². The van der Waals surface area contributed by atoms with Crippen molar-refractivity contribution in [2.45, 2.75) is 38.3 Å². The van der Waals surface area contributed by atoms with Crippen LogP contribution >= 0.6 is 0 Å². The molecule has 1 aromatic carbocycles. The molecule has 2 aliphatic rings. The van der Waals surface area contributed by atoms with Crippen LogP contribution in [0, 0.1) is 11.7 Å². The number of ether oxygens (including phenoxy) is 1. The fraction of sp³-hybridized carbons (Fsp3) is 0.500. The van der Waals surface area contributed by atoms with E-state index in [1.807, 2.05) is 21.8 Å². The van der Waals surface area contributed by atoms with Crippen LogP contribution in [0.1, 0.15) is 38.3 Å². The number of nitrogens with zero attached hydrogens (tertiary/aromatic N) is 3. The van der Waals surface area contributed by atoms with Crippen LogP contribution in [0.3, 0.4) is 0 Å². The Hall–Kier alpha value is -2.41. The first-order chi connectivity index (χ1) is 13.1. The molecule has 0 aliphatic carbocycles. The Morgan fingerprint density at radius 2 is 2.00 bits per heavy atom. The Labute approximate surface area is 157 Å². The van der Waals surface area contributed by atoms with Gasteiger partial charge >= 0.3 is 5.97 Å². The van der Waals surface area contributed by atoms with Crippen molar-refractivity contribution in [1.82, 2.24) is 9.78 Å². The number of aromatic nitrogens is 2. The zero-order valence-corrected chi connectivity index (χ0v) is 15.2. The summed E-state index contributed by atoms with van der Waals surface area (Å²) in [6, 6.07) is 5.20. The SMILES string of the molecule is O=C(O)C1CCN(c2ccc(-c3cnn(C4CCCCO4)c3)cc2F)CC1. The molecule has 7 heteroatoms. The van der Waals surface area contributed by atoms with Crippen molar-refractivity contribution in [3.8, 4) is 11.1 Å². The molecule has 0 saturated carbocycles. The van der Waals surface area contributed by atoms with Gasteiger partial charge in [-0.1, -0.05) is 6.07 Å². The van der Waals surface area contributed by atoms with E-state index in [4.69, 9.17) is 9.84 Å². The fourth-order valence-corrected chi connectivity index (χ4v) is 3.89. The summed E-state index contributed by atoms with van der Waals surface area (Å²) in [5.41, 5.74) is 2.17. The van der Waals surface area contributed by atoms with Gasteiger partial charge in [0.25, 0.3) is 0 Å². The van der Waals surface area contributed by atoms with Gasteiger partial charge in [-0.25, -0.2) is 9.07 Å². The predicted molar refractivity (Wildman–Crippen MR) is 99.0 cm³/mol. The van der Waals surface area contributed by atoms with Crippen LogP contribution in [0.15, 0.2) is 30.6 Å². The van der Waals surface area contributed by atoms with Gasteiger partial charge in [0.15, 0.2) is 0 Å². The van der Waals surface area contributed by atoms with Crippen LogP contribution in [-0.4, -0.2) is 40.6 Å². The molecule has 2 saturated heterocycles. The Balaban J connectivity index is 1.47. The van der Waals surface area contributed by atoms with Crippen molar-refractivity contribution in [2.75, 3.05) is 24.6 Å². The number of rotatable bonds is 4. The second-order valence-electron chi connectivity index (χ2n) is 7.30. The molecule has 6 nitrogen and oxygen atoms in total.